The van der Waals surface area contributed by atoms with Crippen LogP contribution in [-0.4, -0.2) is 13.7 Å². The van der Waals surface area contributed by atoms with Crippen LogP contribution in [0.5, 0.6) is 0 Å². The fraction of sp³-hybridized carbons (Fsp3) is 0.529. The maximum absolute atomic E-state index is 5.05. The molecule has 0 saturated heterocycles. The van der Waals surface area contributed by atoms with Gasteiger partial charge in [0, 0.05) is 7.11 Å². The molecule has 0 aliphatic heterocycles. The molecule has 98 valence electrons. The lowest BCUT2D eigenvalue weighted by molar-refractivity contribution is 0.233. The first kappa shape index (κ1) is 13.4. The number of rotatable bonds is 4. The van der Waals surface area contributed by atoms with Crippen LogP contribution in [0.2, 0.25) is 0 Å². The number of benzene rings is 1. The molecule has 1 aliphatic carbocycles. The Bertz CT molecular complexity index is 369. The first-order chi connectivity index (χ1) is 8.79. The largest absolute Gasteiger partial charge is 0.381 e. The van der Waals surface area contributed by atoms with Crippen LogP contribution in [0.3, 0.4) is 0 Å². The Kier molecular flexibility index (Phi) is 5.00. The van der Waals surface area contributed by atoms with Gasteiger partial charge >= 0.3 is 0 Å². The summed E-state index contributed by atoms with van der Waals surface area (Å²) in [5.41, 5.74) is 2.88. The van der Waals surface area contributed by atoms with Gasteiger partial charge in [-0.3, -0.25) is 0 Å². The maximum Gasteiger partial charge on any atom is 0.0643 e. The van der Waals surface area contributed by atoms with Gasteiger partial charge in [0.2, 0.25) is 0 Å². The van der Waals surface area contributed by atoms with Crippen molar-refractivity contribution >= 4 is 0 Å². The molecule has 1 nitrogen and oxygen atoms in total. The minimum atomic E-state index is 0.748. The fourth-order valence-electron chi connectivity index (χ4n) is 2.83. The van der Waals surface area contributed by atoms with Crippen LogP contribution >= 0.6 is 0 Å². The summed E-state index contributed by atoms with van der Waals surface area (Å²) in [6, 6.07) is 9.09. The smallest absolute Gasteiger partial charge is 0.0643 e. The van der Waals surface area contributed by atoms with E-state index in [-0.39, 0.29) is 0 Å². The molecule has 0 spiro atoms. The SMILES string of the molecule is COCC=CC1CCC(c2ccc(C)cc2)CC1. The van der Waals surface area contributed by atoms with Gasteiger partial charge in [-0.25, -0.2) is 0 Å². The van der Waals surface area contributed by atoms with E-state index >= 15 is 0 Å². The summed E-state index contributed by atoms with van der Waals surface area (Å²) < 4.78 is 5.05. The second-order valence-electron chi connectivity index (χ2n) is 5.41. The lowest BCUT2D eigenvalue weighted by Gasteiger charge is -2.27. The average molecular weight is 244 g/mol. The van der Waals surface area contributed by atoms with E-state index in [9.17, 15) is 0 Å². The Morgan fingerprint density at radius 2 is 1.78 bits per heavy atom. The zero-order valence-electron chi connectivity index (χ0n) is 11.6. The fourth-order valence-corrected chi connectivity index (χ4v) is 2.83. The number of allylic oxidation sites excluding steroid dienone is 1. The average Bonchev–Trinajstić information content (AvgIpc) is 2.41. The van der Waals surface area contributed by atoms with Gasteiger partial charge in [-0.15, -0.1) is 0 Å². The van der Waals surface area contributed by atoms with E-state index < -0.39 is 0 Å². The Balaban J connectivity index is 1.84. The van der Waals surface area contributed by atoms with Gasteiger partial charge in [0.05, 0.1) is 6.61 Å². The van der Waals surface area contributed by atoms with E-state index in [1.807, 2.05) is 0 Å². The van der Waals surface area contributed by atoms with Crippen molar-refractivity contribution in [3.8, 4) is 0 Å². The first-order valence-corrected chi connectivity index (χ1v) is 7.01. The van der Waals surface area contributed by atoms with Gasteiger partial charge in [0.15, 0.2) is 0 Å². The molecule has 0 N–H and O–H groups in total. The van der Waals surface area contributed by atoms with Crippen LogP contribution in [0.4, 0.5) is 0 Å². The van der Waals surface area contributed by atoms with Crippen molar-refractivity contribution < 1.29 is 4.74 Å². The highest BCUT2D eigenvalue weighted by Crippen LogP contribution is 2.36. The van der Waals surface area contributed by atoms with Crippen molar-refractivity contribution in [3.63, 3.8) is 0 Å². The molecule has 0 aromatic heterocycles. The van der Waals surface area contributed by atoms with E-state index in [0.29, 0.717) is 0 Å². The quantitative estimate of drug-likeness (QED) is 0.710. The van der Waals surface area contributed by atoms with Crippen molar-refractivity contribution in [1.29, 1.82) is 0 Å². The monoisotopic (exact) mass is 244 g/mol. The molecular formula is C17H24O. The van der Waals surface area contributed by atoms with Gasteiger partial charge in [-0.05, 0) is 50.0 Å². The normalized spacial score (nSPS) is 24.6. The van der Waals surface area contributed by atoms with Crippen molar-refractivity contribution in [3.05, 3.63) is 47.5 Å². The van der Waals surface area contributed by atoms with Gasteiger partial charge in [-0.1, -0.05) is 42.0 Å². The number of methoxy groups -OCH3 is 1. The highest BCUT2D eigenvalue weighted by atomic mass is 16.5. The van der Waals surface area contributed by atoms with Crippen LogP contribution in [0.1, 0.15) is 42.7 Å². The Labute approximate surface area is 111 Å². The van der Waals surface area contributed by atoms with Gasteiger partial charge in [0.1, 0.15) is 0 Å². The maximum atomic E-state index is 5.05. The van der Waals surface area contributed by atoms with Crippen molar-refractivity contribution in [2.24, 2.45) is 5.92 Å². The second-order valence-corrected chi connectivity index (χ2v) is 5.41. The molecule has 1 saturated carbocycles. The van der Waals surface area contributed by atoms with Crippen LogP contribution in [-0.2, 0) is 4.74 Å². The number of hydrogen-bond acceptors (Lipinski definition) is 1. The molecule has 0 unspecified atom stereocenters. The molecule has 0 amide bonds. The molecule has 2 rings (SSSR count). The minimum absolute atomic E-state index is 0.748. The van der Waals surface area contributed by atoms with E-state index in [0.717, 1.165) is 18.4 Å². The topological polar surface area (TPSA) is 9.23 Å². The summed E-state index contributed by atoms with van der Waals surface area (Å²) in [6.45, 7) is 2.90. The molecule has 1 aromatic carbocycles. The number of ether oxygens (including phenoxy) is 1. The van der Waals surface area contributed by atoms with Crippen LogP contribution in [0.25, 0.3) is 0 Å². The van der Waals surface area contributed by atoms with E-state index in [2.05, 4.69) is 43.3 Å². The van der Waals surface area contributed by atoms with Gasteiger partial charge < -0.3 is 4.74 Å². The van der Waals surface area contributed by atoms with E-state index in [4.69, 9.17) is 4.74 Å². The summed E-state index contributed by atoms with van der Waals surface area (Å²) >= 11 is 0. The Morgan fingerprint density at radius 1 is 1.11 bits per heavy atom. The summed E-state index contributed by atoms with van der Waals surface area (Å²) in [6.07, 6.45) is 9.79. The molecule has 1 heteroatoms. The first-order valence-electron chi connectivity index (χ1n) is 7.01. The highest BCUT2D eigenvalue weighted by Gasteiger charge is 2.20. The molecule has 1 aliphatic rings. The third-order valence-corrected chi connectivity index (χ3v) is 3.99. The van der Waals surface area contributed by atoms with Gasteiger partial charge in [-0.2, -0.15) is 0 Å². The molecule has 0 radical (unpaired) electrons. The summed E-state index contributed by atoms with van der Waals surface area (Å²) in [4.78, 5) is 0. The summed E-state index contributed by atoms with van der Waals surface area (Å²) in [5.74, 6) is 1.54. The Morgan fingerprint density at radius 3 is 2.39 bits per heavy atom. The molecule has 18 heavy (non-hydrogen) atoms. The Hall–Kier alpha value is -1.08. The van der Waals surface area contributed by atoms with Crippen LogP contribution in [0, 0.1) is 12.8 Å². The predicted octanol–water partition coefficient (Wildman–Crippen LogP) is 4.47. The van der Waals surface area contributed by atoms with E-state index in [1.54, 1.807) is 7.11 Å². The second kappa shape index (κ2) is 6.75. The van der Waals surface area contributed by atoms with Gasteiger partial charge in [0.25, 0.3) is 0 Å². The van der Waals surface area contributed by atoms with Crippen molar-refractivity contribution in [2.45, 2.75) is 38.5 Å². The summed E-state index contributed by atoms with van der Waals surface area (Å²) in [7, 11) is 1.75. The third-order valence-electron chi connectivity index (χ3n) is 3.99. The predicted molar refractivity (Wildman–Crippen MR) is 76.9 cm³/mol. The summed E-state index contributed by atoms with van der Waals surface area (Å²) in [5, 5.41) is 0. The number of aryl methyl sites for hydroxylation is 1. The minimum Gasteiger partial charge on any atom is -0.381 e. The third kappa shape index (κ3) is 3.71. The van der Waals surface area contributed by atoms with Crippen LogP contribution < -0.4 is 0 Å². The lowest BCUT2D eigenvalue weighted by Crippen LogP contribution is -2.11. The zero-order chi connectivity index (χ0) is 12.8. The molecule has 1 aromatic rings. The van der Waals surface area contributed by atoms with Crippen molar-refractivity contribution in [2.75, 3.05) is 13.7 Å². The van der Waals surface area contributed by atoms with Crippen LogP contribution in [0.15, 0.2) is 36.4 Å². The molecule has 0 heterocycles. The lowest BCUT2D eigenvalue weighted by atomic mass is 9.78. The highest BCUT2D eigenvalue weighted by molar-refractivity contribution is 5.25. The van der Waals surface area contributed by atoms with E-state index in [1.165, 1.54) is 36.8 Å². The number of hydrogen-bond donors (Lipinski definition) is 0. The molecular weight excluding hydrogens is 220 g/mol. The molecule has 1 fully saturated rings. The molecule has 0 atom stereocenters. The molecule has 0 bridgehead atoms. The zero-order valence-corrected chi connectivity index (χ0v) is 11.6. The van der Waals surface area contributed by atoms with Crippen molar-refractivity contribution in [1.82, 2.24) is 0 Å². The standard InChI is InChI=1S/C17H24O/c1-14-5-9-16(10-6-14)17-11-7-15(8-12-17)4-3-13-18-2/h3-6,9-10,15,17H,7-8,11-13H2,1-2H3.